The molecule has 84 valence electrons. The summed E-state index contributed by atoms with van der Waals surface area (Å²) < 4.78 is 27.0. The number of halogens is 3. The van der Waals surface area contributed by atoms with Crippen molar-refractivity contribution >= 4 is 11.6 Å². The number of hydrogen-bond donors (Lipinski definition) is 1. The fraction of sp³-hybridized carbons (Fsp3) is 0.455. The van der Waals surface area contributed by atoms with Crippen LogP contribution in [0.3, 0.4) is 0 Å². The Labute approximate surface area is 93.2 Å². The van der Waals surface area contributed by atoms with Gasteiger partial charge < -0.3 is 5.73 Å². The van der Waals surface area contributed by atoms with Crippen molar-refractivity contribution in [1.29, 1.82) is 0 Å². The molecular weight excluding hydrogens is 220 g/mol. The third kappa shape index (κ3) is 3.14. The first kappa shape index (κ1) is 12.4. The molecule has 1 rings (SSSR count). The molecule has 1 aromatic carbocycles. The molecule has 0 aliphatic heterocycles. The highest BCUT2D eigenvalue weighted by Crippen LogP contribution is 2.23. The normalized spacial score (nSPS) is 15.0. The Hall–Kier alpha value is -0.670. The molecule has 0 fully saturated rings. The average Bonchev–Trinajstić information content (AvgIpc) is 2.23. The number of alkyl halides is 1. The zero-order valence-corrected chi connectivity index (χ0v) is 9.32. The Morgan fingerprint density at radius 3 is 2.60 bits per heavy atom. The minimum atomic E-state index is -1.46. The molecule has 1 atom stereocenters. The van der Waals surface area contributed by atoms with Crippen LogP contribution in [0.5, 0.6) is 0 Å². The van der Waals surface area contributed by atoms with E-state index in [0.29, 0.717) is 12.0 Å². The van der Waals surface area contributed by atoms with Gasteiger partial charge in [-0.1, -0.05) is 24.6 Å². The van der Waals surface area contributed by atoms with Gasteiger partial charge in [0.2, 0.25) is 0 Å². The highest BCUT2D eigenvalue weighted by Gasteiger charge is 2.26. The molecular formula is C11H14ClF2N. The number of nitrogens with two attached hydrogens (primary N) is 1. The summed E-state index contributed by atoms with van der Waals surface area (Å²) in [6.07, 6.45) is 0.432. The molecule has 0 heterocycles. The molecule has 1 nitrogen and oxygen atoms in total. The Morgan fingerprint density at radius 2 is 2.13 bits per heavy atom. The van der Waals surface area contributed by atoms with E-state index < -0.39 is 11.5 Å². The summed E-state index contributed by atoms with van der Waals surface area (Å²) in [6.45, 7) is 1.66. The van der Waals surface area contributed by atoms with E-state index in [4.69, 9.17) is 17.3 Å². The lowest BCUT2D eigenvalue weighted by molar-refractivity contribution is 0.167. The van der Waals surface area contributed by atoms with E-state index in [1.807, 2.05) is 0 Å². The standard InChI is InChI=1S/C11H14ClF2N/c1-2-11(14,7-15)6-8-3-4-9(12)10(13)5-8/h3-5H,2,6-7,15H2,1H3. The number of benzene rings is 1. The summed E-state index contributed by atoms with van der Waals surface area (Å²) in [6, 6.07) is 4.30. The van der Waals surface area contributed by atoms with Crippen LogP contribution in [0.1, 0.15) is 18.9 Å². The summed E-state index contributed by atoms with van der Waals surface area (Å²) in [7, 11) is 0. The molecule has 0 spiro atoms. The van der Waals surface area contributed by atoms with E-state index in [0.717, 1.165) is 0 Å². The van der Waals surface area contributed by atoms with Crippen LogP contribution < -0.4 is 5.73 Å². The molecule has 0 aliphatic carbocycles. The van der Waals surface area contributed by atoms with Gasteiger partial charge in [0.05, 0.1) is 5.02 Å². The van der Waals surface area contributed by atoms with Gasteiger partial charge in [-0.2, -0.15) is 0 Å². The maximum atomic E-state index is 13.9. The van der Waals surface area contributed by atoms with E-state index in [2.05, 4.69) is 0 Å². The first-order valence-corrected chi connectivity index (χ1v) is 5.21. The van der Waals surface area contributed by atoms with Crippen molar-refractivity contribution in [3.05, 3.63) is 34.6 Å². The van der Waals surface area contributed by atoms with Crippen LogP contribution in [0.25, 0.3) is 0 Å². The van der Waals surface area contributed by atoms with Crippen molar-refractivity contribution in [2.24, 2.45) is 5.73 Å². The van der Waals surface area contributed by atoms with Gasteiger partial charge in [0, 0.05) is 13.0 Å². The molecule has 0 bridgehead atoms. The van der Waals surface area contributed by atoms with Crippen LogP contribution in [0.4, 0.5) is 8.78 Å². The summed E-state index contributed by atoms with van der Waals surface area (Å²) in [5.41, 5.74) is 4.46. The highest BCUT2D eigenvalue weighted by atomic mass is 35.5. The van der Waals surface area contributed by atoms with Gasteiger partial charge in [0.25, 0.3) is 0 Å². The Bertz CT molecular complexity index is 337. The predicted octanol–water partition coefficient (Wildman–Crippen LogP) is 3.10. The minimum Gasteiger partial charge on any atom is -0.328 e. The van der Waals surface area contributed by atoms with Gasteiger partial charge >= 0.3 is 0 Å². The van der Waals surface area contributed by atoms with Crippen molar-refractivity contribution in [1.82, 2.24) is 0 Å². The number of hydrogen-bond acceptors (Lipinski definition) is 1. The summed E-state index contributed by atoms with van der Waals surface area (Å²) in [4.78, 5) is 0. The molecule has 0 radical (unpaired) electrons. The molecule has 0 aromatic heterocycles. The van der Waals surface area contributed by atoms with Gasteiger partial charge in [-0.15, -0.1) is 0 Å². The SMILES string of the molecule is CCC(F)(CN)Cc1ccc(Cl)c(F)c1. The quantitative estimate of drug-likeness (QED) is 0.850. The smallest absolute Gasteiger partial charge is 0.142 e. The molecule has 0 amide bonds. The lowest BCUT2D eigenvalue weighted by Gasteiger charge is -2.21. The first-order valence-electron chi connectivity index (χ1n) is 4.83. The fourth-order valence-electron chi connectivity index (χ4n) is 1.36. The molecule has 0 saturated heterocycles. The number of rotatable bonds is 4. The zero-order chi connectivity index (χ0) is 11.5. The third-order valence-electron chi connectivity index (χ3n) is 2.50. The Balaban J connectivity index is 2.85. The van der Waals surface area contributed by atoms with Crippen LogP contribution >= 0.6 is 11.6 Å². The third-order valence-corrected chi connectivity index (χ3v) is 2.81. The second kappa shape index (κ2) is 4.90. The second-order valence-electron chi connectivity index (χ2n) is 3.63. The average molecular weight is 234 g/mol. The van der Waals surface area contributed by atoms with E-state index in [1.54, 1.807) is 13.0 Å². The maximum Gasteiger partial charge on any atom is 0.142 e. The molecule has 1 aromatic rings. The zero-order valence-electron chi connectivity index (χ0n) is 8.56. The summed E-state index contributed by atoms with van der Waals surface area (Å²) in [5, 5.41) is 0.0486. The fourth-order valence-corrected chi connectivity index (χ4v) is 1.47. The Kier molecular flexibility index (Phi) is 4.05. The molecule has 0 aliphatic rings. The van der Waals surface area contributed by atoms with E-state index in [1.165, 1.54) is 12.1 Å². The van der Waals surface area contributed by atoms with Crippen molar-refractivity contribution in [3.8, 4) is 0 Å². The lowest BCUT2D eigenvalue weighted by atomic mass is 9.94. The molecule has 2 N–H and O–H groups in total. The van der Waals surface area contributed by atoms with Crippen molar-refractivity contribution in [2.45, 2.75) is 25.4 Å². The molecule has 4 heteroatoms. The van der Waals surface area contributed by atoms with E-state index in [9.17, 15) is 8.78 Å². The summed E-state index contributed by atoms with van der Waals surface area (Å²) in [5.74, 6) is -0.523. The van der Waals surface area contributed by atoms with Crippen LogP contribution in [0.2, 0.25) is 5.02 Å². The van der Waals surface area contributed by atoms with Gasteiger partial charge in [-0.25, -0.2) is 8.78 Å². The predicted molar refractivity (Wildman–Crippen MR) is 58.3 cm³/mol. The van der Waals surface area contributed by atoms with Gasteiger partial charge in [-0.05, 0) is 24.1 Å². The van der Waals surface area contributed by atoms with Gasteiger partial charge in [-0.3, -0.25) is 0 Å². The highest BCUT2D eigenvalue weighted by molar-refractivity contribution is 6.30. The van der Waals surface area contributed by atoms with Crippen LogP contribution in [0.15, 0.2) is 18.2 Å². The van der Waals surface area contributed by atoms with Gasteiger partial charge in [0.1, 0.15) is 11.5 Å². The molecule has 0 saturated carbocycles. The first-order chi connectivity index (χ1) is 7.00. The maximum absolute atomic E-state index is 13.9. The molecule has 15 heavy (non-hydrogen) atoms. The minimum absolute atomic E-state index is 0.0486. The van der Waals surface area contributed by atoms with Crippen molar-refractivity contribution in [2.75, 3.05) is 6.54 Å². The molecule has 1 unspecified atom stereocenters. The lowest BCUT2D eigenvalue weighted by Crippen LogP contribution is -2.34. The second-order valence-corrected chi connectivity index (χ2v) is 4.04. The largest absolute Gasteiger partial charge is 0.328 e. The van der Waals surface area contributed by atoms with E-state index >= 15 is 0 Å². The Morgan fingerprint density at radius 1 is 1.47 bits per heavy atom. The van der Waals surface area contributed by atoms with Crippen LogP contribution in [-0.4, -0.2) is 12.2 Å². The van der Waals surface area contributed by atoms with Crippen molar-refractivity contribution in [3.63, 3.8) is 0 Å². The summed E-state index contributed by atoms with van der Waals surface area (Å²) >= 11 is 5.53. The van der Waals surface area contributed by atoms with Crippen molar-refractivity contribution < 1.29 is 8.78 Å². The van der Waals surface area contributed by atoms with Crippen LogP contribution in [-0.2, 0) is 6.42 Å². The van der Waals surface area contributed by atoms with Crippen LogP contribution in [0, 0.1) is 5.82 Å². The topological polar surface area (TPSA) is 26.0 Å². The monoisotopic (exact) mass is 233 g/mol. The van der Waals surface area contributed by atoms with Gasteiger partial charge in [0.15, 0.2) is 0 Å². The van der Waals surface area contributed by atoms with E-state index in [-0.39, 0.29) is 18.0 Å².